The van der Waals surface area contributed by atoms with E-state index < -0.39 is 5.97 Å². The number of aliphatic carboxylic acids is 1. The predicted octanol–water partition coefficient (Wildman–Crippen LogP) is 0.478. The summed E-state index contributed by atoms with van der Waals surface area (Å²) in [5, 5.41) is 18.8. The largest absolute Gasteiger partial charge is 0.477 e. The number of aliphatic hydroxyl groups is 1. The van der Waals surface area contributed by atoms with Gasteiger partial charge in [0.25, 0.3) is 0 Å². The molecular weight excluding hydrogens is 294 g/mol. The Morgan fingerprint density at radius 2 is 2.14 bits per heavy atom. The fourth-order valence-electron chi connectivity index (χ4n) is 2.75. The Bertz CT molecular complexity index is 619. The lowest BCUT2D eigenvalue weighted by Crippen LogP contribution is -2.58. The molecule has 1 fully saturated rings. The van der Waals surface area contributed by atoms with Gasteiger partial charge < -0.3 is 15.1 Å². The SMILES string of the molecule is O=C(O)C1=C(Sc2ncccn2)C[C@@H]2C(CCO)C(=O)N12. The van der Waals surface area contributed by atoms with Gasteiger partial charge in [-0.25, -0.2) is 14.8 Å². The summed E-state index contributed by atoms with van der Waals surface area (Å²) >= 11 is 1.18. The predicted molar refractivity (Wildman–Crippen MR) is 73.0 cm³/mol. The average Bonchev–Trinajstić information content (AvgIpc) is 2.81. The molecule has 2 N–H and O–H groups in total. The second-order valence-corrected chi connectivity index (χ2v) is 5.87. The number of amides is 1. The van der Waals surface area contributed by atoms with Gasteiger partial charge in [-0.2, -0.15) is 0 Å². The fraction of sp³-hybridized carbons (Fsp3) is 0.385. The number of aromatic nitrogens is 2. The third kappa shape index (κ3) is 2.30. The first-order valence-electron chi connectivity index (χ1n) is 6.48. The summed E-state index contributed by atoms with van der Waals surface area (Å²) in [5.41, 5.74) is 0.0247. The smallest absolute Gasteiger partial charge is 0.353 e. The van der Waals surface area contributed by atoms with Gasteiger partial charge >= 0.3 is 5.97 Å². The van der Waals surface area contributed by atoms with Crippen molar-refractivity contribution in [2.45, 2.75) is 24.0 Å². The van der Waals surface area contributed by atoms with Gasteiger partial charge in [0.1, 0.15) is 5.70 Å². The fourth-order valence-corrected chi connectivity index (χ4v) is 3.73. The van der Waals surface area contributed by atoms with Crippen molar-refractivity contribution in [3.8, 4) is 0 Å². The van der Waals surface area contributed by atoms with Gasteiger partial charge in [0.2, 0.25) is 5.91 Å². The quantitative estimate of drug-likeness (QED) is 0.602. The van der Waals surface area contributed by atoms with E-state index in [4.69, 9.17) is 5.11 Å². The van der Waals surface area contributed by atoms with Gasteiger partial charge in [0.05, 0.1) is 12.0 Å². The van der Waals surface area contributed by atoms with Gasteiger partial charge in [-0.1, -0.05) is 11.8 Å². The van der Waals surface area contributed by atoms with Crippen molar-refractivity contribution in [2.24, 2.45) is 5.92 Å². The number of fused-ring (bicyclic) bond motifs is 1. The summed E-state index contributed by atoms with van der Waals surface area (Å²) in [5.74, 6) is -1.64. The summed E-state index contributed by atoms with van der Waals surface area (Å²) in [7, 11) is 0. The van der Waals surface area contributed by atoms with Gasteiger partial charge in [0.15, 0.2) is 5.16 Å². The highest BCUT2D eigenvalue weighted by Crippen LogP contribution is 2.47. The van der Waals surface area contributed by atoms with Crippen molar-refractivity contribution in [3.63, 3.8) is 0 Å². The Morgan fingerprint density at radius 3 is 2.76 bits per heavy atom. The zero-order valence-electron chi connectivity index (χ0n) is 11.0. The van der Waals surface area contributed by atoms with E-state index in [1.165, 1.54) is 16.7 Å². The molecule has 21 heavy (non-hydrogen) atoms. The Kier molecular flexibility index (Phi) is 3.64. The number of carbonyl (C=O) groups excluding carboxylic acids is 1. The molecule has 0 aliphatic carbocycles. The van der Waals surface area contributed by atoms with Gasteiger partial charge in [0, 0.05) is 30.3 Å². The van der Waals surface area contributed by atoms with E-state index in [0.717, 1.165) is 0 Å². The number of carbonyl (C=O) groups is 2. The molecule has 2 aliphatic rings. The van der Waals surface area contributed by atoms with Gasteiger partial charge in [-0.3, -0.25) is 4.79 Å². The molecule has 0 bridgehead atoms. The molecule has 7 nitrogen and oxygen atoms in total. The molecule has 1 aromatic heterocycles. The molecule has 0 saturated carbocycles. The van der Waals surface area contributed by atoms with Crippen molar-refractivity contribution in [1.82, 2.24) is 14.9 Å². The first-order chi connectivity index (χ1) is 10.1. The van der Waals surface area contributed by atoms with Crippen molar-refractivity contribution in [3.05, 3.63) is 29.1 Å². The zero-order chi connectivity index (χ0) is 15.0. The van der Waals surface area contributed by atoms with Crippen LogP contribution in [-0.2, 0) is 9.59 Å². The molecule has 0 radical (unpaired) electrons. The minimum atomic E-state index is -1.12. The minimum absolute atomic E-state index is 0.0247. The number of carboxylic acid groups (broad SMARTS) is 1. The van der Waals surface area contributed by atoms with Crippen LogP contribution < -0.4 is 0 Å². The van der Waals surface area contributed by atoms with Crippen LogP contribution in [-0.4, -0.2) is 49.6 Å². The summed E-state index contributed by atoms with van der Waals surface area (Å²) in [6.07, 6.45) is 4.01. The second-order valence-electron chi connectivity index (χ2n) is 4.81. The molecular formula is C13H13N3O4S. The van der Waals surface area contributed by atoms with Crippen LogP contribution in [0.1, 0.15) is 12.8 Å². The lowest BCUT2D eigenvalue weighted by atomic mass is 9.85. The van der Waals surface area contributed by atoms with E-state index in [2.05, 4.69) is 9.97 Å². The molecule has 2 aliphatic heterocycles. The Hall–Kier alpha value is -1.93. The first kappa shape index (κ1) is 14.0. The number of nitrogens with zero attached hydrogens (tertiary/aromatic N) is 3. The lowest BCUT2D eigenvalue weighted by molar-refractivity contribution is -0.155. The normalized spacial score (nSPS) is 24.0. The molecule has 110 valence electrons. The van der Waals surface area contributed by atoms with Crippen LogP contribution in [0.3, 0.4) is 0 Å². The molecule has 1 unspecified atom stereocenters. The summed E-state index contributed by atoms with van der Waals surface area (Å²) < 4.78 is 0. The highest BCUT2D eigenvalue weighted by Gasteiger charge is 2.54. The number of hydrogen-bond donors (Lipinski definition) is 2. The Labute approximate surface area is 124 Å². The molecule has 1 amide bonds. The number of carboxylic acids is 1. The molecule has 0 aromatic carbocycles. The van der Waals surface area contributed by atoms with Gasteiger partial charge in [-0.05, 0) is 12.5 Å². The highest BCUT2D eigenvalue weighted by atomic mass is 32.2. The second kappa shape index (κ2) is 5.45. The van der Waals surface area contributed by atoms with E-state index in [0.29, 0.717) is 22.9 Å². The van der Waals surface area contributed by atoms with E-state index in [1.54, 1.807) is 18.5 Å². The molecule has 0 spiro atoms. The van der Waals surface area contributed by atoms with Crippen LogP contribution in [0.25, 0.3) is 0 Å². The molecule has 3 heterocycles. The summed E-state index contributed by atoms with van der Waals surface area (Å²) in [4.78, 5) is 33.5. The highest BCUT2D eigenvalue weighted by molar-refractivity contribution is 8.03. The van der Waals surface area contributed by atoms with Crippen LogP contribution in [0.4, 0.5) is 0 Å². The summed E-state index contributed by atoms with van der Waals surface area (Å²) in [6.45, 7) is -0.0760. The van der Waals surface area contributed by atoms with Crippen LogP contribution in [0.5, 0.6) is 0 Å². The number of rotatable bonds is 5. The maximum absolute atomic E-state index is 12.0. The van der Waals surface area contributed by atoms with Gasteiger partial charge in [-0.15, -0.1) is 0 Å². The molecule has 8 heteroatoms. The molecule has 3 rings (SSSR count). The van der Waals surface area contributed by atoms with E-state index >= 15 is 0 Å². The molecule has 1 saturated heterocycles. The Morgan fingerprint density at radius 1 is 1.43 bits per heavy atom. The van der Waals surface area contributed by atoms with Crippen molar-refractivity contribution >= 4 is 23.6 Å². The number of β-lactam (4-membered cyclic amide) rings is 1. The van der Waals surface area contributed by atoms with E-state index in [9.17, 15) is 14.7 Å². The van der Waals surface area contributed by atoms with E-state index in [-0.39, 0.29) is 30.2 Å². The first-order valence-corrected chi connectivity index (χ1v) is 7.30. The standard InChI is InChI=1S/C13H13N3O4S/c17-5-2-7-8-6-9(21-13-14-3-1-4-15-13)10(12(19)20)16(8)11(7)18/h1,3-4,7-8,17H,2,5-6H2,(H,19,20)/t7?,8-/m1/s1. The average molecular weight is 307 g/mol. The van der Waals surface area contributed by atoms with Crippen molar-refractivity contribution in [1.29, 1.82) is 0 Å². The summed E-state index contributed by atoms with van der Waals surface area (Å²) in [6, 6.07) is 1.51. The number of hydrogen-bond acceptors (Lipinski definition) is 6. The molecule has 2 atom stereocenters. The number of aliphatic hydroxyl groups excluding tert-OH is 1. The topological polar surface area (TPSA) is 104 Å². The maximum atomic E-state index is 12.0. The van der Waals surface area contributed by atoms with Crippen molar-refractivity contribution < 1.29 is 19.8 Å². The Balaban J connectivity index is 1.86. The third-order valence-electron chi connectivity index (χ3n) is 3.65. The molecule has 1 aromatic rings. The van der Waals surface area contributed by atoms with Crippen LogP contribution >= 0.6 is 11.8 Å². The van der Waals surface area contributed by atoms with Crippen LogP contribution in [0.2, 0.25) is 0 Å². The van der Waals surface area contributed by atoms with Crippen LogP contribution in [0.15, 0.2) is 34.2 Å². The van der Waals surface area contributed by atoms with Crippen LogP contribution in [0, 0.1) is 5.92 Å². The lowest BCUT2D eigenvalue weighted by Gasteiger charge is -2.43. The minimum Gasteiger partial charge on any atom is -0.477 e. The number of thioether (sulfide) groups is 1. The third-order valence-corrected chi connectivity index (χ3v) is 4.65. The van der Waals surface area contributed by atoms with Crippen molar-refractivity contribution in [2.75, 3.05) is 6.61 Å². The zero-order valence-corrected chi connectivity index (χ0v) is 11.8. The maximum Gasteiger partial charge on any atom is 0.353 e. The monoisotopic (exact) mass is 307 g/mol. The van der Waals surface area contributed by atoms with E-state index in [1.807, 2.05) is 0 Å².